The van der Waals surface area contributed by atoms with Crippen LogP contribution in [0.5, 0.6) is 0 Å². The largest absolute Gasteiger partial charge is 0.321 e. The van der Waals surface area contributed by atoms with Gasteiger partial charge in [-0.3, -0.25) is 9.59 Å². The molecule has 0 saturated carbocycles. The van der Waals surface area contributed by atoms with E-state index in [9.17, 15) is 9.59 Å². The van der Waals surface area contributed by atoms with Gasteiger partial charge in [-0.2, -0.15) is 0 Å². The van der Waals surface area contributed by atoms with E-state index in [2.05, 4.69) is 5.32 Å². The zero-order valence-corrected chi connectivity index (χ0v) is 13.7. The Bertz CT molecular complexity index is 817. The van der Waals surface area contributed by atoms with Gasteiger partial charge in [0.05, 0.1) is 4.88 Å². The second kappa shape index (κ2) is 7.17. The van der Waals surface area contributed by atoms with Gasteiger partial charge in [-0.25, -0.2) is 0 Å². The number of ketones is 1. The quantitative estimate of drug-likeness (QED) is 0.527. The van der Waals surface area contributed by atoms with Crippen LogP contribution in [0, 0.1) is 0 Å². The Balaban J connectivity index is 1.65. The molecule has 0 aliphatic carbocycles. The van der Waals surface area contributed by atoms with Crippen LogP contribution < -0.4 is 5.32 Å². The summed E-state index contributed by atoms with van der Waals surface area (Å²) in [4.78, 5) is 25.7. The Hall–Kier alpha value is -2.50. The molecule has 1 N–H and O–H groups in total. The lowest BCUT2D eigenvalue weighted by Crippen LogP contribution is -2.10. The molecule has 0 bridgehead atoms. The smallest absolute Gasteiger partial charge is 0.265 e. The van der Waals surface area contributed by atoms with E-state index in [1.54, 1.807) is 53.8 Å². The lowest BCUT2D eigenvalue weighted by Gasteiger charge is -2.04. The van der Waals surface area contributed by atoms with E-state index in [0.717, 1.165) is 4.88 Å². The van der Waals surface area contributed by atoms with Gasteiger partial charge in [0.2, 0.25) is 0 Å². The number of thiophene rings is 2. The zero-order chi connectivity index (χ0) is 16.1. The number of nitrogens with one attached hydrogen (secondary N) is 1. The summed E-state index contributed by atoms with van der Waals surface area (Å²) in [5.74, 6) is -0.203. The summed E-state index contributed by atoms with van der Waals surface area (Å²) < 4.78 is 0. The normalized spacial score (nSPS) is 10.8. The molecule has 0 aliphatic rings. The van der Waals surface area contributed by atoms with Crippen molar-refractivity contribution in [1.82, 2.24) is 0 Å². The monoisotopic (exact) mass is 339 g/mol. The molecule has 0 saturated heterocycles. The average molecular weight is 339 g/mol. The summed E-state index contributed by atoms with van der Waals surface area (Å²) in [7, 11) is 0. The van der Waals surface area contributed by atoms with Crippen molar-refractivity contribution >= 4 is 46.1 Å². The van der Waals surface area contributed by atoms with Gasteiger partial charge in [-0.15, -0.1) is 22.7 Å². The second-order valence-electron chi connectivity index (χ2n) is 4.72. The minimum Gasteiger partial charge on any atom is -0.321 e. The molecule has 3 nitrogen and oxygen atoms in total. The Morgan fingerprint density at radius 2 is 1.65 bits per heavy atom. The van der Waals surface area contributed by atoms with Crippen molar-refractivity contribution in [1.29, 1.82) is 0 Å². The molecule has 2 aromatic heterocycles. The first-order valence-corrected chi connectivity index (χ1v) is 8.69. The van der Waals surface area contributed by atoms with Crippen LogP contribution in [0.3, 0.4) is 0 Å². The van der Waals surface area contributed by atoms with Crippen molar-refractivity contribution in [2.24, 2.45) is 0 Å². The standard InChI is InChI=1S/C18H13NO2S2/c20-16(10-9-15-3-1-11-22-15)13-5-7-14(8-6-13)19-18(21)17-4-2-12-23-17/h1-12H,(H,19,21). The highest BCUT2D eigenvalue weighted by Gasteiger charge is 2.07. The molecular weight excluding hydrogens is 326 g/mol. The highest BCUT2D eigenvalue weighted by atomic mass is 32.1. The molecule has 0 aliphatic heterocycles. The van der Waals surface area contributed by atoms with E-state index < -0.39 is 0 Å². The number of carbonyl (C=O) groups is 2. The summed E-state index contributed by atoms with van der Waals surface area (Å²) in [5.41, 5.74) is 1.26. The molecule has 0 spiro atoms. The number of rotatable bonds is 5. The molecule has 5 heteroatoms. The van der Waals surface area contributed by atoms with E-state index in [4.69, 9.17) is 0 Å². The van der Waals surface area contributed by atoms with Gasteiger partial charge < -0.3 is 5.32 Å². The van der Waals surface area contributed by atoms with Crippen molar-refractivity contribution < 1.29 is 9.59 Å². The number of amides is 1. The van der Waals surface area contributed by atoms with Crippen LogP contribution in [-0.2, 0) is 0 Å². The fraction of sp³-hybridized carbons (Fsp3) is 0. The molecule has 2 heterocycles. The van der Waals surface area contributed by atoms with Crippen molar-refractivity contribution in [3.05, 3.63) is 80.7 Å². The Labute approximate surface area is 141 Å². The molecule has 0 fully saturated rings. The number of hydrogen-bond acceptors (Lipinski definition) is 4. The van der Waals surface area contributed by atoms with E-state index in [1.165, 1.54) is 11.3 Å². The van der Waals surface area contributed by atoms with Crippen molar-refractivity contribution in [2.45, 2.75) is 0 Å². The third-order valence-electron chi connectivity index (χ3n) is 3.11. The third kappa shape index (κ3) is 4.03. The van der Waals surface area contributed by atoms with Crippen molar-refractivity contribution in [3.8, 4) is 0 Å². The number of hydrogen-bond donors (Lipinski definition) is 1. The maximum absolute atomic E-state index is 12.1. The van der Waals surface area contributed by atoms with E-state index in [0.29, 0.717) is 16.1 Å². The SMILES string of the molecule is O=C(C=Cc1cccs1)c1ccc(NC(=O)c2cccs2)cc1. The lowest BCUT2D eigenvalue weighted by atomic mass is 10.1. The molecule has 0 radical (unpaired) electrons. The fourth-order valence-corrected chi connectivity index (χ4v) is 3.20. The molecule has 0 unspecified atom stereocenters. The minimum atomic E-state index is -0.142. The van der Waals surface area contributed by atoms with E-state index in [-0.39, 0.29) is 11.7 Å². The molecule has 0 atom stereocenters. The Morgan fingerprint density at radius 3 is 2.30 bits per heavy atom. The summed E-state index contributed by atoms with van der Waals surface area (Å²) >= 11 is 2.97. The molecular formula is C18H13NO2S2. The van der Waals surface area contributed by atoms with E-state index in [1.807, 2.05) is 29.0 Å². The highest BCUT2D eigenvalue weighted by molar-refractivity contribution is 7.12. The maximum atomic E-state index is 12.1. The van der Waals surface area contributed by atoms with Crippen LogP contribution in [0.2, 0.25) is 0 Å². The summed E-state index contributed by atoms with van der Waals surface area (Å²) in [5, 5.41) is 6.63. The van der Waals surface area contributed by atoms with Gasteiger partial charge in [0.1, 0.15) is 0 Å². The van der Waals surface area contributed by atoms with Crippen LogP contribution in [0.15, 0.2) is 65.4 Å². The molecule has 1 amide bonds. The number of benzene rings is 1. The van der Waals surface area contributed by atoms with Crippen LogP contribution in [-0.4, -0.2) is 11.7 Å². The Morgan fingerprint density at radius 1 is 0.913 bits per heavy atom. The first kappa shape index (κ1) is 15.4. The Kier molecular flexibility index (Phi) is 4.80. The summed E-state index contributed by atoms with van der Waals surface area (Å²) in [6.45, 7) is 0. The predicted molar refractivity (Wildman–Crippen MR) is 96.4 cm³/mol. The average Bonchev–Trinajstić information content (AvgIpc) is 3.26. The lowest BCUT2D eigenvalue weighted by molar-refractivity contribution is 0.102. The van der Waals surface area contributed by atoms with E-state index >= 15 is 0 Å². The molecule has 114 valence electrons. The topological polar surface area (TPSA) is 46.2 Å². The van der Waals surface area contributed by atoms with Crippen LogP contribution in [0.4, 0.5) is 5.69 Å². The van der Waals surface area contributed by atoms with Gasteiger partial charge in [0.15, 0.2) is 5.78 Å². The van der Waals surface area contributed by atoms with Gasteiger partial charge in [0, 0.05) is 16.1 Å². The van der Waals surface area contributed by atoms with Crippen LogP contribution in [0.1, 0.15) is 24.9 Å². The highest BCUT2D eigenvalue weighted by Crippen LogP contribution is 2.15. The zero-order valence-electron chi connectivity index (χ0n) is 12.1. The van der Waals surface area contributed by atoms with Crippen molar-refractivity contribution in [3.63, 3.8) is 0 Å². The summed E-state index contributed by atoms with van der Waals surface area (Å²) in [6, 6.07) is 14.4. The minimum absolute atomic E-state index is 0.0606. The number of allylic oxidation sites excluding steroid dienone is 1. The molecule has 3 rings (SSSR count). The maximum Gasteiger partial charge on any atom is 0.265 e. The number of carbonyl (C=O) groups excluding carboxylic acids is 2. The van der Waals surface area contributed by atoms with Gasteiger partial charge in [-0.1, -0.05) is 12.1 Å². The van der Waals surface area contributed by atoms with Crippen molar-refractivity contribution in [2.75, 3.05) is 5.32 Å². The summed E-state index contributed by atoms with van der Waals surface area (Å²) in [6.07, 6.45) is 3.37. The molecule has 23 heavy (non-hydrogen) atoms. The third-order valence-corrected chi connectivity index (χ3v) is 4.82. The van der Waals surface area contributed by atoms with Gasteiger partial charge in [0.25, 0.3) is 5.91 Å². The van der Waals surface area contributed by atoms with Gasteiger partial charge in [-0.05, 0) is 59.3 Å². The molecule has 1 aromatic carbocycles. The first-order valence-electron chi connectivity index (χ1n) is 6.93. The first-order chi connectivity index (χ1) is 11.2. The second-order valence-corrected chi connectivity index (χ2v) is 6.65. The van der Waals surface area contributed by atoms with Gasteiger partial charge >= 0.3 is 0 Å². The number of anilines is 1. The predicted octanol–water partition coefficient (Wildman–Crippen LogP) is 4.96. The molecule has 3 aromatic rings. The fourth-order valence-electron chi connectivity index (χ4n) is 1.96. The van der Waals surface area contributed by atoms with Crippen LogP contribution in [0.25, 0.3) is 6.08 Å². The van der Waals surface area contributed by atoms with Crippen LogP contribution >= 0.6 is 22.7 Å².